The van der Waals surface area contributed by atoms with Crippen LogP contribution >= 0.6 is 0 Å². The van der Waals surface area contributed by atoms with Gasteiger partial charge in [-0.05, 0) is 11.5 Å². The Hall–Kier alpha value is -1.84. The molecule has 16 heavy (non-hydrogen) atoms. The number of aromatic carboxylic acids is 1. The molecule has 0 fully saturated rings. The summed E-state index contributed by atoms with van der Waals surface area (Å²) in [7, 11) is 0. The fourth-order valence-corrected chi connectivity index (χ4v) is 1.70. The second-order valence-corrected chi connectivity index (χ2v) is 4.83. The zero-order chi connectivity index (χ0) is 11.9. The maximum atomic E-state index is 10.9. The maximum Gasteiger partial charge on any atom is 0.356 e. The molecule has 0 saturated heterocycles. The number of carboxylic acid groups (broad SMARTS) is 1. The van der Waals surface area contributed by atoms with Crippen LogP contribution in [0.4, 0.5) is 0 Å². The zero-order valence-electron chi connectivity index (χ0n) is 9.56. The second kappa shape index (κ2) is 3.33. The van der Waals surface area contributed by atoms with Gasteiger partial charge in [-0.2, -0.15) is 0 Å². The van der Waals surface area contributed by atoms with Crippen molar-refractivity contribution >= 4 is 11.6 Å². The molecule has 2 rings (SSSR count). The van der Waals surface area contributed by atoms with E-state index < -0.39 is 5.97 Å². The summed E-state index contributed by atoms with van der Waals surface area (Å²) in [5.41, 5.74) is 1.79. The van der Waals surface area contributed by atoms with E-state index in [0.29, 0.717) is 5.65 Å². The number of aromatic nitrogens is 2. The molecule has 2 heterocycles. The zero-order valence-corrected chi connectivity index (χ0v) is 9.56. The third-order valence-corrected chi connectivity index (χ3v) is 2.51. The predicted molar refractivity (Wildman–Crippen MR) is 60.9 cm³/mol. The normalized spacial score (nSPS) is 11.9. The van der Waals surface area contributed by atoms with Crippen LogP contribution in [0.15, 0.2) is 24.5 Å². The lowest BCUT2D eigenvalue weighted by atomic mass is 9.88. The van der Waals surface area contributed by atoms with Crippen molar-refractivity contribution in [3.63, 3.8) is 0 Å². The van der Waals surface area contributed by atoms with Crippen LogP contribution in [0.2, 0.25) is 0 Å². The number of hydrogen-bond acceptors (Lipinski definition) is 2. The number of imidazole rings is 1. The van der Waals surface area contributed by atoms with Crippen molar-refractivity contribution in [3.8, 4) is 0 Å². The molecule has 0 aliphatic carbocycles. The molecule has 0 unspecified atom stereocenters. The van der Waals surface area contributed by atoms with E-state index in [0.717, 1.165) is 5.56 Å². The monoisotopic (exact) mass is 218 g/mol. The molecule has 0 bridgehead atoms. The van der Waals surface area contributed by atoms with Gasteiger partial charge in [0.15, 0.2) is 5.69 Å². The summed E-state index contributed by atoms with van der Waals surface area (Å²) in [5, 5.41) is 8.90. The van der Waals surface area contributed by atoms with E-state index in [1.54, 1.807) is 4.40 Å². The van der Waals surface area contributed by atoms with Crippen LogP contribution in [0.3, 0.4) is 0 Å². The Kier molecular flexibility index (Phi) is 2.22. The fraction of sp³-hybridized carbons (Fsp3) is 0.333. The number of fused-ring (bicyclic) bond motifs is 1. The smallest absolute Gasteiger partial charge is 0.356 e. The van der Waals surface area contributed by atoms with Crippen molar-refractivity contribution in [1.29, 1.82) is 0 Å². The van der Waals surface area contributed by atoms with Gasteiger partial charge in [0.2, 0.25) is 0 Å². The van der Waals surface area contributed by atoms with Crippen LogP contribution in [-0.4, -0.2) is 20.5 Å². The van der Waals surface area contributed by atoms with Gasteiger partial charge in [-0.1, -0.05) is 26.8 Å². The highest BCUT2D eigenvalue weighted by molar-refractivity contribution is 5.86. The van der Waals surface area contributed by atoms with E-state index in [1.165, 1.54) is 6.20 Å². The number of carbonyl (C=O) groups is 1. The molecular weight excluding hydrogens is 204 g/mol. The van der Waals surface area contributed by atoms with E-state index in [-0.39, 0.29) is 11.1 Å². The van der Waals surface area contributed by atoms with Crippen LogP contribution in [0.25, 0.3) is 5.65 Å². The third-order valence-electron chi connectivity index (χ3n) is 2.51. The lowest BCUT2D eigenvalue weighted by molar-refractivity contribution is 0.0691. The fourth-order valence-electron chi connectivity index (χ4n) is 1.70. The summed E-state index contributed by atoms with van der Waals surface area (Å²) in [6.45, 7) is 6.24. The largest absolute Gasteiger partial charge is 0.476 e. The molecule has 0 atom stereocenters. The molecule has 84 valence electrons. The first-order valence-electron chi connectivity index (χ1n) is 5.11. The van der Waals surface area contributed by atoms with Crippen LogP contribution in [0.1, 0.15) is 36.8 Å². The van der Waals surface area contributed by atoms with Crippen molar-refractivity contribution in [3.05, 3.63) is 35.8 Å². The van der Waals surface area contributed by atoms with Crippen molar-refractivity contribution in [2.24, 2.45) is 0 Å². The van der Waals surface area contributed by atoms with Crippen molar-refractivity contribution < 1.29 is 9.90 Å². The van der Waals surface area contributed by atoms with Crippen molar-refractivity contribution in [1.82, 2.24) is 9.38 Å². The van der Waals surface area contributed by atoms with Crippen LogP contribution in [-0.2, 0) is 5.41 Å². The Morgan fingerprint density at radius 2 is 2.12 bits per heavy atom. The van der Waals surface area contributed by atoms with E-state index >= 15 is 0 Å². The van der Waals surface area contributed by atoms with E-state index in [1.807, 2.05) is 18.3 Å². The first-order chi connectivity index (χ1) is 7.39. The minimum atomic E-state index is -0.997. The summed E-state index contributed by atoms with van der Waals surface area (Å²) in [4.78, 5) is 15.0. The standard InChI is InChI=1S/C12H14N2O2/c1-12(2,3)8-5-4-6-14-7-9(11(15)16)13-10(8)14/h4-7H,1-3H3,(H,15,16). The van der Waals surface area contributed by atoms with Crippen LogP contribution < -0.4 is 0 Å². The van der Waals surface area contributed by atoms with Crippen LogP contribution in [0, 0.1) is 0 Å². The highest BCUT2D eigenvalue weighted by Gasteiger charge is 2.19. The van der Waals surface area contributed by atoms with Gasteiger partial charge in [0.05, 0.1) is 0 Å². The average molecular weight is 218 g/mol. The van der Waals surface area contributed by atoms with Gasteiger partial charge in [0.1, 0.15) is 5.65 Å². The minimum absolute atomic E-state index is 0.0519. The Bertz CT molecular complexity index is 550. The number of pyridine rings is 1. The molecular formula is C12H14N2O2. The topological polar surface area (TPSA) is 54.6 Å². The van der Waals surface area contributed by atoms with Gasteiger partial charge in [0, 0.05) is 18.0 Å². The molecule has 0 spiro atoms. The molecule has 0 aliphatic heterocycles. The summed E-state index contributed by atoms with van der Waals surface area (Å²) in [5.74, 6) is -0.997. The molecule has 0 amide bonds. The van der Waals surface area contributed by atoms with E-state index in [9.17, 15) is 4.79 Å². The van der Waals surface area contributed by atoms with Gasteiger partial charge >= 0.3 is 5.97 Å². The lowest BCUT2D eigenvalue weighted by Gasteiger charge is -2.19. The Morgan fingerprint density at radius 1 is 1.44 bits per heavy atom. The van der Waals surface area contributed by atoms with Crippen molar-refractivity contribution in [2.45, 2.75) is 26.2 Å². The third kappa shape index (κ3) is 1.66. The van der Waals surface area contributed by atoms with Gasteiger partial charge in [-0.15, -0.1) is 0 Å². The van der Waals surface area contributed by atoms with Gasteiger partial charge < -0.3 is 9.51 Å². The van der Waals surface area contributed by atoms with E-state index in [4.69, 9.17) is 5.11 Å². The second-order valence-electron chi connectivity index (χ2n) is 4.83. The number of rotatable bonds is 1. The highest BCUT2D eigenvalue weighted by Crippen LogP contribution is 2.25. The molecule has 2 aromatic rings. The van der Waals surface area contributed by atoms with Crippen molar-refractivity contribution in [2.75, 3.05) is 0 Å². The van der Waals surface area contributed by atoms with Gasteiger partial charge in [-0.3, -0.25) is 0 Å². The highest BCUT2D eigenvalue weighted by atomic mass is 16.4. The summed E-state index contributed by atoms with van der Waals surface area (Å²) in [6.07, 6.45) is 3.34. The predicted octanol–water partition coefficient (Wildman–Crippen LogP) is 2.33. The Balaban J connectivity index is 2.73. The van der Waals surface area contributed by atoms with Gasteiger partial charge in [-0.25, -0.2) is 9.78 Å². The lowest BCUT2D eigenvalue weighted by Crippen LogP contribution is -2.12. The molecule has 0 saturated carbocycles. The average Bonchev–Trinajstić information content (AvgIpc) is 2.58. The summed E-state index contributed by atoms with van der Waals surface area (Å²) in [6, 6.07) is 3.88. The first kappa shape index (κ1) is 10.7. The molecule has 4 nitrogen and oxygen atoms in total. The maximum absolute atomic E-state index is 10.9. The SMILES string of the molecule is CC(C)(C)c1cccn2cc(C(=O)O)nc12. The molecule has 4 heteroatoms. The summed E-state index contributed by atoms with van der Waals surface area (Å²) < 4.78 is 1.75. The molecule has 2 aromatic heterocycles. The Labute approximate surface area is 93.5 Å². The molecule has 0 aromatic carbocycles. The molecule has 0 radical (unpaired) electrons. The quantitative estimate of drug-likeness (QED) is 0.799. The number of nitrogens with zero attached hydrogens (tertiary/aromatic N) is 2. The van der Waals surface area contributed by atoms with Gasteiger partial charge in [0.25, 0.3) is 0 Å². The van der Waals surface area contributed by atoms with E-state index in [2.05, 4.69) is 25.8 Å². The first-order valence-corrected chi connectivity index (χ1v) is 5.11. The number of carboxylic acids is 1. The van der Waals surface area contributed by atoms with Crippen LogP contribution in [0.5, 0.6) is 0 Å². The summed E-state index contributed by atoms with van der Waals surface area (Å²) >= 11 is 0. The number of hydrogen-bond donors (Lipinski definition) is 1. The Morgan fingerprint density at radius 3 is 2.69 bits per heavy atom. The minimum Gasteiger partial charge on any atom is -0.476 e. The molecule has 0 aliphatic rings. The molecule has 1 N–H and O–H groups in total.